The predicted octanol–water partition coefficient (Wildman–Crippen LogP) is 4.18. The number of carbonyl (C=O) groups is 1. The van der Waals surface area contributed by atoms with Crippen LogP contribution >= 0.6 is 0 Å². The van der Waals surface area contributed by atoms with E-state index in [1.807, 2.05) is 13.8 Å². The molecule has 1 amide bonds. The van der Waals surface area contributed by atoms with Crippen molar-refractivity contribution in [2.24, 2.45) is 0 Å². The minimum absolute atomic E-state index is 0.136. The van der Waals surface area contributed by atoms with E-state index in [0.717, 1.165) is 5.39 Å². The molecule has 0 aliphatic carbocycles. The number of ether oxygens (including phenoxy) is 2. The number of carbonyl (C=O) groups excluding carboxylic acids is 1. The summed E-state index contributed by atoms with van der Waals surface area (Å²) in [4.78, 5) is 17.2. The molecule has 2 aromatic heterocycles. The van der Waals surface area contributed by atoms with E-state index < -0.39 is 12.5 Å². The number of nitrogens with one attached hydrogen (secondary N) is 1. The van der Waals surface area contributed by atoms with Gasteiger partial charge < -0.3 is 14.8 Å². The van der Waals surface area contributed by atoms with E-state index in [9.17, 15) is 13.6 Å². The first-order valence-electron chi connectivity index (χ1n) is 8.59. The second-order valence-corrected chi connectivity index (χ2v) is 6.42. The number of hydrogen-bond acceptors (Lipinski definition) is 5. The summed E-state index contributed by atoms with van der Waals surface area (Å²) >= 11 is 0. The van der Waals surface area contributed by atoms with E-state index >= 15 is 0 Å². The van der Waals surface area contributed by atoms with Crippen LogP contribution in [0.4, 0.5) is 14.5 Å². The lowest BCUT2D eigenvalue weighted by atomic mass is 10.1. The summed E-state index contributed by atoms with van der Waals surface area (Å²) in [7, 11) is 1.34. The second-order valence-electron chi connectivity index (χ2n) is 6.42. The van der Waals surface area contributed by atoms with Gasteiger partial charge in [0, 0.05) is 23.2 Å². The fraction of sp³-hybridized carbons (Fsp3) is 0.316. The number of nitrogens with zero attached hydrogens (tertiary/aromatic N) is 3. The van der Waals surface area contributed by atoms with Crippen molar-refractivity contribution in [1.82, 2.24) is 14.8 Å². The van der Waals surface area contributed by atoms with Crippen LogP contribution in [0.2, 0.25) is 0 Å². The number of benzene rings is 1. The van der Waals surface area contributed by atoms with E-state index in [0.29, 0.717) is 22.6 Å². The molecule has 28 heavy (non-hydrogen) atoms. The number of hydrogen-bond donors (Lipinski definition) is 1. The van der Waals surface area contributed by atoms with Gasteiger partial charge in [-0.1, -0.05) is 0 Å². The molecule has 1 N–H and O–H groups in total. The standard InChI is InChI=1S/C19H20F2N4O3/c1-10(2)25-17-12(9-22-25)7-14(11(3)23-17)18(26)24-13-5-6-15(27-4)16(8-13)28-19(20)21/h5-10,19H,1-4H3,(H,24,26). The third-order valence-corrected chi connectivity index (χ3v) is 4.13. The first-order chi connectivity index (χ1) is 13.3. The average molecular weight is 390 g/mol. The van der Waals surface area contributed by atoms with Crippen molar-refractivity contribution in [3.8, 4) is 11.5 Å². The van der Waals surface area contributed by atoms with Crippen LogP contribution in [0.1, 0.15) is 35.9 Å². The zero-order valence-corrected chi connectivity index (χ0v) is 15.9. The maximum Gasteiger partial charge on any atom is 0.387 e. The molecule has 148 valence electrons. The van der Waals surface area contributed by atoms with E-state index in [2.05, 4.69) is 20.1 Å². The Morgan fingerprint density at radius 1 is 1.21 bits per heavy atom. The zero-order valence-electron chi connectivity index (χ0n) is 15.9. The van der Waals surface area contributed by atoms with Crippen LogP contribution in [-0.2, 0) is 0 Å². The number of fused-ring (bicyclic) bond motifs is 1. The van der Waals surface area contributed by atoms with Gasteiger partial charge in [0.25, 0.3) is 5.91 Å². The van der Waals surface area contributed by atoms with Gasteiger partial charge in [-0.05, 0) is 39.0 Å². The molecular formula is C19H20F2N4O3. The Morgan fingerprint density at radius 2 is 1.96 bits per heavy atom. The van der Waals surface area contributed by atoms with Crippen LogP contribution in [0.5, 0.6) is 11.5 Å². The van der Waals surface area contributed by atoms with Gasteiger partial charge in [0.05, 0.1) is 24.6 Å². The van der Waals surface area contributed by atoms with Crippen molar-refractivity contribution < 1.29 is 23.0 Å². The smallest absolute Gasteiger partial charge is 0.387 e. The molecule has 0 aliphatic heterocycles. The Balaban J connectivity index is 1.90. The molecule has 3 aromatic rings. The van der Waals surface area contributed by atoms with Gasteiger partial charge in [-0.2, -0.15) is 13.9 Å². The minimum Gasteiger partial charge on any atom is -0.493 e. The molecule has 1 aromatic carbocycles. The van der Waals surface area contributed by atoms with E-state index in [1.165, 1.54) is 25.3 Å². The maximum absolute atomic E-state index is 12.7. The summed E-state index contributed by atoms with van der Waals surface area (Å²) in [6.45, 7) is 2.71. The van der Waals surface area contributed by atoms with Crippen LogP contribution in [0.3, 0.4) is 0 Å². The molecule has 0 aliphatic rings. The van der Waals surface area contributed by atoms with Crippen molar-refractivity contribution in [2.75, 3.05) is 12.4 Å². The number of halogens is 2. The maximum atomic E-state index is 12.7. The highest BCUT2D eigenvalue weighted by molar-refractivity contribution is 6.06. The molecule has 0 atom stereocenters. The predicted molar refractivity (Wildman–Crippen MR) is 100 cm³/mol. The molecule has 3 rings (SSSR count). The highest BCUT2D eigenvalue weighted by Gasteiger charge is 2.17. The second kappa shape index (κ2) is 7.79. The fourth-order valence-electron chi connectivity index (χ4n) is 2.81. The number of aromatic nitrogens is 3. The minimum atomic E-state index is -3.01. The van der Waals surface area contributed by atoms with Gasteiger partial charge in [0.15, 0.2) is 17.1 Å². The molecule has 0 bridgehead atoms. The Hall–Kier alpha value is -3.23. The summed E-state index contributed by atoms with van der Waals surface area (Å²) in [5.74, 6) is -0.449. The van der Waals surface area contributed by atoms with Crippen molar-refractivity contribution in [1.29, 1.82) is 0 Å². The van der Waals surface area contributed by atoms with Crippen LogP contribution in [0.25, 0.3) is 11.0 Å². The topological polar surface area (TPSA) is 78.3 Å². The van der Waals surface area contributed by atoms with Crippen LogP contribution in [0.15, 0.2) is 30.5 Å². The highest BCUT2D eigenvalue weighted by Crippen LogP contribution is 2.32. The van der Waals surface area contributed by atoms with Crippen LogP contribution in [0, 0.1) is 6.92 Å². The van der Waals surface area contributed by atoms with Crippen molar-refractivity contribution in [2.45, 2.75) is 33.4 Å². The highest BCUT2D eigenvalue weighted by atomic mass is 19.3. The summed E-state index contributed by atoms with van der Waals surface area (Å²) in [5, 5.41) is 7.71. The number of amides is 1. The number of pyridine rings is 1. The fourth-order valence-corrected chi connectivity index (χ4v) is 2.81. The Bertz CT molecular complexity index is 1020. The van der Waals surface area contributed by atoms with Gasteiger partial charge in [-0.25, -0.2) is 9.67 Å². The van der Waals surface area contributed by atoms with Gasteiger partial charge in [-0.15, -0.1) is 0 Å². The zero-order chi connectivity index (χ0) is 20.4. The van der Waals surface area contributed by atoms with Gasteiger partial charge in [-0.3, -0.25) is 4.79 Å². The van der Waals surface area contributed by atoms with Crippen LogP contribution in [-0.4, -0.2) is 34.4 Å². The van der Waals surface area contributed by atoms with Gasteiger partial charge >= 0.3 is 6.61 Å². The first-order valence-corrected chi connectivity index (χ1v) is 8.59. The van der Waals surface area contributed by atoms with Crippen molar-refractivity contribution in [3.05, 3.63) is 41.7 Å². The summed E-state index contributed by atoms with van der Waals surface area (Å²) < 4.78 is 36.4. The molecule has 0 saturated heterocycles. The number of alkyl halides is 2. The lowest BCUT2D eigenvalue weighted by Gasteiger charge is -2.13. The molecule has 0 radical (unpaired) electrons. The van der Waals surface area contributed by atoms with Gasteiger partial charge in [0.2, 0.25) is 0 Å². The number of methoxy groups -OCH3 is 1. The molecular weight excluding hydrogens is 370 g/mol. The SMILES string of the molecule is COc1ccc(NC(=O)c2cc3cnn(C(C)C)c3nc2C)cc1OC(F)F. The monoisotopic (exact) mass is 390 g/mol. The lowest BCUT2D eigenvalue weighted by molar-refractivity contribution is -0.0511. The van der Waals surface area contributed by atoms with Gasteiger partial charge in [0.1, 0.15) is 0 Å². The Labute approximate surface area is 160 Å². The summed E-state index contributed by atoms with van der Waals surface area (Å²) in [5.41, 5.74) is 1.88. The molecule has 7 nitrogen and oxygen atoms in total. The molecule has 0 spiro atoms. The normalized spacial score (nSPS) is 11.3. The number of aryl methyl sites for hydroxylation is 1. The molecule has 2 heterocycles. The first kappa shape index (κ1) is 19.5. The Morgan fingerprint density at radius 3 is 2.61 bits per heavy atom. The van der Waals surface area contributed by atoms with E-state index in [1.54, 1.807) is 23.9 Å². The molecule has 9 heteroatoms. The third-order valence-electron chi connectivity index (χ3n) is 4.13. The van der Waals surface area contributed by atoms with Crippen LogP contribution < -0.4 is 14.8 Å². The molecule has 0 fully saturated rings. The molecule has 0 saturated carbocycles. The third kappa shape index (κ3) is 3.88. The van der Waals surface area contributed by atoms with Crippen molar-refractivity contribution in [3.63, 3.8) is 0 Å². The number of rotatable bonds is 6. The summed E-state index contributed by atoms with van der Waals surface area (Å²) in [6.07, 6.45) is 1.65. The quantitative estimate of drug-likeness (QED) is 0.683. The summed E-state index contributed by atoms with van der Waals surface area (Å²) in [6, 6.07) is 6.10. The number of anilines is 1. The largest absolute Gasteiger partial charge is 0.493 e. The van der Waals surface area contributed by atoms with E-state index in [-0.39, 0.29) is 17.5 Å². The van der Waals surface area contributed by atoms with Crippen molar-refractivity contribution >= 4 is 22.6 Å². The lowest BCUT2D eigenvalue weighted by Crippen LogP contribution is -2.15. The Kier molecular flexibility index (Phi) is 5.43. The van der Waals surface area contributed by atoms with E-state index in [4.69, 9.17) is 4.74 Å². The molecule has 0 unspecified atom stereocenters. The average Bonchev–Trinajstić information content (AvgIpc) is 3.03.